The van der Waals surface area contributed by atoms with Gasteiger partial charge in [0, 0.05) is 17.5 Å². The van der Waals surface area contributed by atoms with Crippen LogP contribution < -0.4 is 10.5 Å². The number of rotatable bonds is 3. The van der Waals surface area contributed by atoms with Crippen LogP contribution >= 0.6 is 12.2 Å². The van der Waals surface area contributed by atoms with Crippen molar-refractivity contribution >= 4 is 17.2 Å². The van der Waals surface area contributed by atoms with Gasteiger partial charge in [0.2, 0.25) is 0 Å². The molecular formula is C14H16N2OS. The highest BCUT2D eigenvalue weighted by atomic mass is 32.1. The fourth-order valence-electron chi connectivity index (χ4n) is 2.41. The molecule has 1 aromatic carbocycles. The quantitative estimate of drug-likeness (QED) is 0.849. The number of nitriles is 1. The van der Waals surface area contributed by atoms with E-state index in [1.807, 2.05) is 6.07 Å². The van der Waals surface area contributed by atoms with Crippen molar-refractivity contribution in [2.45, 2.75) is 38.7 Å². The third kappa shape index (κ3) is 1.95. The minimum absolute atomic E-state index is 0.178. The number of hydrogen-bond donors (Lipinski definition) is 1. The van der Waals surface area contributed by atoms with Crippen LogP contribution in [0, 0.1) is 11.3 Å². The number of thiocarbonyl (C=S) groups is 1. The van der Waals surface area contributed by atoms with E-state index in [1.54, 1.807) is 6.07 Å². The maximum atomic E-state index is 9.21. The molecule has 0 spiro atoms. The SMILES string of the molecule is CCC1(CC)Cc2cc(C(N)=S)cc(C#N)c2O1. The van der Waals surface area contributed by atoms with Gasteiger partial charge in [-0.2, -0.15) is 5.26 Å². The summed E-state index contributed by atoms with van der Waals surface area (Å²) in [7, 11) is 0. The normalized spacial score (nSPS) is 15.6. The van der Waals surface area contributed by atoms with Crippen molar-refractivity contribution in [1.82, 2.24) is 0 Å². The molecule has 1 aliphatic rings. The van der Waals surface area contributed by atoms with Gasteiger partial charge < -0.3 is 10.5 Å². The van der Waals surface area contributed by atoms with Crippen molar-refractivity contribution in [3.63, 3.8) is 0 Å². The van der Waals surface area contributed by atoms with E-state index in [9.17, 15) is 5.26 Å². The summed E-state index contributed by atoms with van der Waals surface area (Å²) in [6.45, 7) is 4.21. The molecule has 0 unspecified atom stereocenters. The predicted octanol–water partition coefficient (Wildman–Crippen LogP) is 2.69. The smallest absolute Gasteiger partial charge is 0.141 e. The second-order valence-electron chi connectivity index (χ2n) is 4.66. The van der Waals surface area contributed by atoms with Gasteiger partial charge in [0.25, 0.3) is 0 Å². The molecular weight excluding hydrogens is 244 g/mol. The summed E-state index contributed by atoms with van der Waals surface area (Å²) >= 11 is 4.98. The first-order valence-electron chi connectivity index (χ1n) is 6.11. The van der Waals surface area contributed by atoms with Gasteiger partial charge in [-0.05, 0) is 25.0 Å². The van der Waals surface area contributed by atoms with E-state index < -0.39 is 0 Å². The number of ether oxygens (including phenoxy) is 1. The minimum atomic E-state index is -0.178. The molecule has 0 amide bonds. The summed E-state index contributed by atoms with van der Waals surface area (Å²) in [5.74, 6) is 0.709. The molecule has 4 heteroatoms. The van der Waals surface area contributed by atoms with Crippen LogP contribution in [0.1, 0.15) is 43.4 Å². The summed E-state index contributed by atoms with van der Waals surface area (Å²) in [4.78, 5) is 0.319. The Bertz CT molecular complexity index is 541. The van der Waals surface area contributed by atoms with Gasteiger partial charge in [-0.15, -0.1) is 0 Å². The van der Waals surface area contributed by atoms with Gasteiger partial charge >= 0.3 is 0 Å². The molecule has 0 aliphatic carbocycles. The van der Waals surface area contributed by atoms with Gasteiger partial charge in [0.1, 0.15) is 22.4 Å². The first-order chi connectivity index (χ1) is 8.55. The lowest BCUT2D eigenvalue weighted by Gasteiger charge is -2.25. The van der Waals surface area contributed by atoms with Crippen LogP contribution in [-0.4, -0.2) is 10.6 Å². The molecule has 0 saturated heterocycles. The van der Waals surface area contributed by atoms with E-state index in [0.29, 0.717) is 16.3 Å². The molecule has 0 radical (unpaired) electrons. The van der Waals surface area contributed by atoms with Gasteiger partial charge in [-0.1, -0.05) is 26.1 Å². The molecule has 1 heterocycles. The van der Waals surface area contributed by atoms with E-state index in [0.717, 1.165) is 30.4 Å². The Morgan fingerprint density at radius 3 is 2.67 bits per heavy atom. The third-order valence-electron chi connectivity index (χ3n) is 3.69. The second-order valence-corrected chi connectivity index (χ2v) is 5.10. The summed E-state index contributed by atoms with van der Waals surface area (Å²) in [5, 5.41) is 9.21. The average molecular weight is 260 g/mol. The van der Waals surface area contributed by atoms with E-state index in [2.05, 4.69) is 19.9 Å². The van der Waals surface area contributed by atoms with Gasteiger partial charge in [0.05, 0.1) is 5.56 Å². The molecule has 0 atom stereocenters. The van der Waals surface area contributed by atoms with Gasteiger partial charge in [-0.3, -0.25) is 0 Å². The van der Waals surface area contributed by atoms with Gasteiger partial charge in [-0.25, -0.2) is 0 Å². The molecule has 2 rings (SSSR count). The Hall–Kier alpha value is -1.60. The molecule has 0 aromatic heterocycles. The van der Waals surface area contributed by atoms with Crippen molar-refractivity contribution in [1.29, 1.82) is 5.26 Å². The fraction of sp³-hybridized carbons (Fsp3) is 0.429. The summed E-state index contributed by atoms with van der Waals surface area (Å²) < 4.78 is 6.04. The average Bonchev–Trinajstić information content (AvgIpc) is 2.76. The van der Waals surface area contributed by atoms with Crippen LogP contribution in [0.3, 0.4) is 0 Å². The summed E-state index contributed by atoms with van der Waals surface area (Å²) in [6, 6.07) is 5.83. The highest BCUT2D eigenvalue weighted by Crippen LogP contribution is 2.41. The van der Waals surface area contributed by atoms with E-state index >= 15 is 0 Å². The number of nitrogens with two attached hydrogens (primary N) is 1. The van der Waals surface area contributed by atoms with Crippen LogP contribution in [0.2, 0.25) is 0 Å². The Morgan fingerprint density at radius 2 is 2.17 bits per heavy atom. The maximum Gasteiger partial charge on any atom is 0.141 e. The zero-order chi connectivity index (χ0) is 13.3. The van der Waals surface area contributed by atoms with Gasteiger partial charge in [0.15, 0.2) is 0 Å². The monoisotopic (exact) mass is 260 g/mol. The molecule has 1 aromatic rings. The van der Waals surface area contributed by atoms with Crippen LogP contribution in [0.5, 0.6) is 5.75 Å². The Morgan fingerprint density at radius 1 is 1.50 bits per heavy atom. The van der Waals surface area contributed by atoms with E-state index in [4.69, 9.17) is 22.7 Å². The van der Waals surface area contributed by atoms with Crippen LogP contribution in [-0.2, 0) is 6.42 Å². The number of nitrogens with zero attached hydrogens (tertiary/aromatic N) is 1. The molecule has 2 N–H and O–H groups in total. The van der Waals surface area contributed by atoms with Crippen LogP contribution in [0.15, 0.2) is 12.1 Å². The highest BCUT2D eigenvalue weighted by molar-refractivity contribution is 7.80. The molecule has 18 heavy (non-hydrogen) atoms. The molecule has 0 fully saturated rings. The lowest BCUT2D eigenvalue weighted by atomic mass is 9.91. The van der Waals surface area contributed by atoms with Crippen molar-refractivity contribution < 1.29 is 4.74 Å². The number of benzene rings is 1. The molecule has 94 valence electrons. The third-order valence-corrected chi connectivity index (χ3v) is 3.93. The second kappa shape index (κ2) is 4.58. The van der Waals surface area contributed by atoms with Crippen molar-refractivity contribution in [2.24, 2.45) is 5.73 Å². The van der Waals surface area contributed by atoms with Crippen molar-refractivity contribution in [3.05, 3.63) is 28.8 Å². The maximum absolute atomic E-state index is 9.21. The van der Waals surface area contributed by atoms with E-state index in [-0.39, 0.29) is 5.60 Å². The zero-order valence-corrected chi connectivity index (χ0v) is 11.4. The molecule has 0 bridgehead atoms. The number of fused-ring (bicyclic) bond motifs is 1. The van der Waals surface area contributed by atoms with Crippen molar-refractivity contribution in [2.75, 3.05) is 0 Å². The fourth-order valence-corrected chi connectivity index (χ4v) is 2.53. The molecule has 0 saturated carbocycles. The zero-order valence-electron chi connectivity index (χ0n) is 10.6. The van der Waals surface area contributed by atoms with Crippen LogP contribution in [0.25, 0.3) is 0 Å². The number of hydrogen-bond acceptors (Lipinski definition) is 3. The van der Waals surface area contributed by atoms with Crippen LogP contribution in [0.4, 0.5) is 0 Å². The lowest BCUT2D eigenvalue weighted by Crippen LogP contribution is -2.32. The minimum Gasteiger partial charge on any atom is -0.485 e. The predicted molar refractivity (Wildman–Crippen MR) is 74.7 cm³/mol. The lowest BCUT2D eigenvalue weighted by molar-refractivity contribution is 0.0855. The van der Waals surface area contributed by atoms with E-state index in [1.165, 1.54) is 0 Å². The summed E-state index contributed by atoms with van der Waals surface area (Å²) in [6.07, 6.45) is 2.66. The highest BCUT2D eigenvalue weighted by Gasteiger charge is 2.37. The topological polar surface area (TPSA) is 59.0 Å². The molecule has 3 nitrogen and oxygen atoms in total. The molecule has 1 aliphatic heterocycles. The standard InChI is InChI=1S/C14H16N2OS/c1-3-14(4-2)7-10-5-9(13(16)18)6-11(8-15)12(10)17-14/h5-6H,3-4,7H2,1-2H3,(H2,16,18). The Kier molecular flexibility index (Phi) is 3.27. The first-order valence-corrected chi connectivity index (χ1v) is 6.52. The Labute approximate surface area is 113 Å². The first kappa shape index (κ1) is 12.8. The largest absolute Gasteiger partial charge is 0.485 e. The summed E-state index contributed by atoms with van der Waals surface area (Å²) in [5.41, 5.74) is 7.78. The Balaban J connectivity index is 2.53. The van der Waals surface area contributed by atoms with Crippen molar-refractivity contribution in [3.8, 4) is 11.8 Å².